The van der Waals surface area contributed by atoms with E-state index in [1.165, 1.54) is 17.0 Å². The molecule has 0 spiro atoms. The summed E-state index contributed by atoms with van der Waals surface area (Å²) in [6.07, 6.45) is -2.46. The number of piperidine rings is 1. The van der Waals surface area contributed by atoms with Gasteiger partial charge in [0, 0.05) is 39.1 Å². The van der Waals surface area contributed by atoms with Crippen LogP contribution in [0.5, 0.6) is 0 Å². The van der Waals surface area contributed by atoms with Crippen molar-refractivity contribution in [3.8, 4) is 0 Å². The summed E-state index contributed by atoms with van der Waals surface area (Å²) in [5.74, 6) is -1.30. The zero-order chi connectivity index (χ0) is 22.4. The SMILES string of the molecule is COC1CCN(C(=O)CC2(c3cccc(C(F)(F)F)c3)CC(=O)N(C3CC3)C2=O)CC1. The molecular weight excluding hydrogens is 413 g/mol. The number of alkyl halides is 3. The molecule has 0 bridgehead atoms. The molecule has 9 heteroatoms. The van der Waals surface area contributed by atoms with Crippen LogP contribution in [0.3, 0.4) is 0 Å². The van der Waals surface area contributed by atoms with Gasteiger partial charge in [-0.1, -0.05) is 18.2 Å². The molecular formula is C22H25F3N2O4. The van der Waals surface area contributed by atoms with Crippen LogP contribution >= 0.6 is 0 Å². The van der Waals surface area contributed by atoms with Crippen molar-refractivity contribution in [3.63, 3.8) is 0 Å². The number of carbonyl (C=O) groups excluding carboxylic acids is 3. The highest BCUT2D eigenvalue weighted by atomic mass is 19.4. The lowest BCUT2D eigenvalue weighted by Crippen LogP contribution is -2.46. The number of carbonyl (C=O) groups is 3. The topological polar surface area (TPSA) is 66.9 Å². The molecule has 1 aromatic rings. The van der Waals surface area contributed by atoms with Gasteiger partial charge in [0.05, 0.1) is 17.1 Å². The van der Waals surface area contributed by atoms with Crippen molar-refractivity contribution in [1.82, 2.24) is 9.80 Å². The van der Waals surface area contributed by atoms with Gasteiger partial charge >= 0.3 is 6.18 Å². The van der Waals surface area contributed by atoms with E-state index in [1.807, 2.05) is 0 Å². The maximum Gasteiger partial charge on any atom is 0.416 e. The maximum atomic E-state index is 13.4. The zero-order valence-electron chi connectivity index (χ0n) is 17.3. The summed E-state index contributed by atoms with van der Waals surface area (Å²) >= 11 is 0. The second-order valence-electron chi connectivity index (χ2n) is 8.63. The van der Waals surface area contributed by atoms with Gasteiger partial charge in [-0.3, -0.25) is 19.3 Å². The summed E-state index contributed by atoms with van der Waals surface area (Å²) in [4.78, 5) is 42.1. The molecule has 0 aromatic heterocycles. The Bertz CT molecular complexity index is 891. The van der Waals surface area contributed by atoms with Crippen LogP contribution in [0, 0.1) is 0 Å². The van der Waals surface area contributed by atoms with Crippen LogP contribution in [0.2, 0.25) is 0 Å². The Labute approximate surface area is 178 Å². The Morgan fingerprint density at radius 3 is 2.42 bits per heavy atom. The van der Waals surface area contributed by atoms with Crippen LogP contribution < -0.4 is 0 Å². The molecule has 3 amide bonds. The number of benzene rings is 1. The predicted molar refractivity (Wildman–Crippen MR) is 104 cm³/mol. The highest BCUT2D eigenvalue weighted by Gasteiger charge is 2.57. The van der Waals surface area contributed by atoms with Crippen molar-refractivity contribution < 1.29 is 32.3 Å². The van der Waals surface area contributed by atoms with Gasteiger partial charge in [0.25, 0.3) is 0 Å². The molecule has 1 saturated carbocycles. The van der Waals surface area contributed by atoms with Gasteiger partial charge in [-0.05, 0) is 37.3 Å². The molecule has 0 radical (unpaired) electrons. The third-order valence-electron chi connectivity index (χ3n) is 6.59. The number of likely N-dealkylation sites (tertiary alicyclic amines) is 2. The lowest BCUT2D eigenvalue weighted by molar-refractivity contribution is -0.144. The quantitative estimate of drug-likeness (QED) is 0.663. The summed E-state index contributed by atoms with van der Waals surface area (Å²) in [7, 11) is 1.61. The summed E-state index contributed by atoms with van der Waals surface area (Å²) in [6.45, 7) is 0.898. The number of halogens is 3. The highest BCUT2D eigenvalue weighted by Crippen LogP contribution is 2.45. The van der Waals surface area contributed by atoms with Gasteiger partial charge in [-0.15, -0.1) is 0 Å². The molecule has 3 aliphatic rings. The van der Waals surface area contributed by atoms with Crippen molar-refractivity contribution in [1.29, 1.82) is 0 Å². The molecule has 6 nitrogen and oxygen atoms in total. The van der Waals surface area contributed by atoms with Crippen molar-refractivity contribution in [2.45, 2.75) is 62.3 Å². The molecule has 2 aliphatic heterocycles. The number of amides is 3. The van der Waals surface area contributed by atoms with Gasteiger partial charge in [-0.25, -0.2) is 0 Å². The number of ether oxygens (including phenoxy) is 1. The van der Waals surface area contributed by atoms with E-state index in [4.69, 9.17) is 4.74 Å². The molecule has 168 valence electrons. The fourth-order valence-corrected chi connectivity index (χ4v) is 4.63. The van der Waals surface area contributed by atoms with Crippen LogP contribution in [-0.2, 0) is 30.7 Å². The first-order valence-corrected chi connectivity index (χ1v) is 10.5. The third kappa shape index (κ3) is 4.07. The van der Waals surface area contributed by atoms with E-state index in [2.05, 4.69) is 0 Å². The number of rotatable bonds is 5. The number of nitrogens with zero attached hydrogens (tertiary/aromatic N) is 2. The normalized spacial score (nSPS) is 25.4. The lowest BCUT2D eigenvalue weighted by atomic mass is 9.75. The number of methoxy groups -OCH3 is 1. The molecule has 1 aliphatic carbocycles. The number of hydrogen-bond acceptors (Lipinski definition) is 4. The minimum absolute atomic E-state index is 0.0570. The van der Waals surface area contributed by atoms with Crippen LogP contribution in [0.4, 0.5) is 13.2 Å². The molecule has 2 saturated heterocycles. The van der Waals surface area contributed by atoms with Gasteiger partial charge in [0.2, 0.25) is 17.7 Å². The Morgan fingerprint density at radius 1 is 1.16 bits per heavy atom. The summed E-state index contributed by atoms with van der Waals surface area (Å²) in [5, 5.41) is 0. The van der Waals surface area contributed by atoms with Crippen LogP contribution in [-0.4, -0.2) is 59.9 Å². The Hall–Kier alpha value is -2.42. The molecule has 4 rings (SSSR count). The van der Waals surface area contributed by atoms with Crippen molar-refractivity contribution >= 4 is 17.7 Å². The van der Waals surface area contributed by atoms with Crippen LogP contribution in [0.25, 0.3) is 0 Å². The smallest absolute Gasteiger partial charge is 0.381 e. The second kappa shape index (κ2) is 7.93. The van der Waals surface area contributed by atoms with E-state index >= 15 is 0 Å². The van der Waals surface area contributed by atoms with Crippen molar-refractivity contribution in [3.05, 3.63) is 35.4 Å². The van der Waals surface area contributed by atoms with Crippen LogP contribution in [0.1, 0.15) is 49.7 Å². The highest BCUT2D eigenvalue weighted by molar-refractivity contribution is 6.11. The van der Waals surface area contributed by atoms with Gasteiger partial charge in [-0.2, -0.15) is 13.2 Å². The monoisotopic (exact) mass is 438 g/mol. The second-order valence-corrected chi connectivity index (χ2v) is 8.63. The van der Waals surface area contributed by atoms with E-state index in [0.717, 1.165) is 12.1 Å². The largest absolute Gasteiger partial charge is 0.416 e. The first-order chi connectivity index (χ1) is 14.7. The van der Waals surface area contributed by atoms with E-state index in [-0.39, 0.29) is 36.5 Å². The zero-order valence-corrected chi connectivity index (χ0v) is 17.3. The molecule has 0 N–H and O–H groups in total. The summed E-state index contributed by atoms with van der Waals surface area (Å²) in [5.41, 5.74) is -2.43. The molecule has 3 fully saturated rings. The summed E-state index contributed by atoms with van der Waals surface area (Å²) < 4.78 is 45.3. The first kappa shape index (κ1) is 21.8. The minimum atomic E-state index is -4.59. The third-order valence-corrected chi connectivity index (χ3v) is 6.59. The average molecular weight is 438 g/mol. The predicted octanol–water partition coefficient (Wildman–Crippen LogP) is 2.89. The van der Waals surface area contributed by atoms with Gasteiger partial charge in [0.1, 0.15) is 0 Å². The van der Waals surface area contributed by atoms with E-state index in [0.29, 0.717) is 38.8 Å². The van der Waals surface area contributed by atoms with Gasteiger partial charge < -0.3 is 9.64 Å². The molecule has 1 atom stereocenters. The summed E-state index contributed by atoms with van der Waals surface area (Å²) in [6, 6.07) is 4.27. The standard InChI is InChI=1S/C22H25F3N2O4/c1-31-17-7-9-26(10-8-17)18(28)12-21(13-19(29)27(20(21)30)16-5-6-16)14-3-2-4-15(11-14)22(23,24)25/h2-4,11,16-17H,5-10,12-13H2,1H3. The first-order valence-electron chi connectivity index (χ1n) is 10.5. The number of imide groups is 1. The number of hydrogen-bond donors (Lipinski definition) is 0. The molecule has 2 heterocycles. The average Bonchev–Trinajstić information content (AvgIpc) is 3.54. The minimum Gasteiger partial charge on any atom is -0.381 e. The fourth-order valence-electron chi connectivity index (χ4n) is 4.63. The molecule has 31 heavy (non-hydrogen) atoms. The van der Waals surface area contributed by atoms with Crippen LogP contribution in [0.15, 0.2) is 24.3 Å². The van der Waals surface area contributed by atoms with Crippen molar-refractivity contribution in [2.24, 2.45) is 0 Å². The van der Waals surface area contributed by atoms with E-state index < -0.39 is 29.0 Å². The van der Waals surface area contributed by atoms with Crippen molar-refractivity contribution in [2.75, 3.05) is 20.2 Å². The maximum absolute atomic E-state index is 13.4. The Kier molecular flexibility index (Phi) is 5.57. The molecule has 1 unspecified atom stereocenters. The fraction of sp³-hybridized carbons (Fsp3) is 0.591. The van der Waals surface area contributed by atoms with E-state index in [9.17, 15) is 27.6 Å². The van der Waals surface area contributed by atoms with E-state index in [1.54, 1.807) is 12.0 Å². The Morgan fingerprint density at radius 2 is 1.84 bits per heavy atom. The Balaban J connectivity index is 1.67. The molecule has 1 aromatic carbocycles. The van der Waals surface area contributed by atoms with Gasteiger partial charge in [0.15, 0.2) is 0 Å². The lowest BCUT2D eigenvalue weighted by Gasteiger charge is -2.34.